The van der Waals surface area contributed by atoms with Crippen LogP contribution in [0.25, 0.3) is 10.9 Å². The molecule has 4 rings (SSSR count). The van der Waals surface area contributed by atoms with E-state index in [1.54, 1.807) is 6.07 Å². The summed E-state index contributed by atoms with van der Waals surface area (Å²) in [6.07, 6.45) is 2.63. The highest BCUT2D eigenvalue weighted by molar-refractivity contribution is 6.31. The Morgan fingerprint density at radius 3 is 2.84 bits per heavy atom. The van der Waals surface area contributed by atoms with Crippen molar-refractivity contribution in [3.8, 4) is 0 Å². The molecule has 1 aliphatic rings. The van der Waals surface area contributed by atoms with Gasteiger partial charge in [0.05, 0.1) is 16.1 Å². The number of carbonyl (C=O) groups is 1. The van der Waals surface area contributed by atoms with E-state index in [-0.39, 0.29) is 17.2 Å². The normalized spacial score (nSPS) is 13.0. The van der Waals surface area contributed by atoms with Gasteiger partial charge in [-0.25, -0.2) is 9.18 Å². The van der Waals surface area contributed by atoms with Crippen LogP contribution < -0.4 is 0 Å². The number of hydrogen-bond donors (Lipinski definition) is 0. The summed E-state index contributed by atoms with van der Waals surface area (Å²) in [6.45, 7) is -0.199. The summed E-state index contributed by atoms with van der Waals surface area (Å²) >= 11 is 6.01. The predicted octanol–water partition coefficient (Wildman–Crippen LogP) is 4.87. The van der Waals surface area contributed by atoms with Crippen molar-refractivity contribution in [1.29, 1.82) is 0 Å². The van der Waals surface area contributed by atoms with Gasteiger partial charge in [-0.05, 0) is 43.0 Å². The second kappa shape index (κ2) is 6.45. The molecular weight excluding hydrogens is 341 g/mol. The number of nitrogens with zero attached hydrogens (tertiary/aromatic N) is 1. The minimum Gasteiger partial charge on any atom is -0.457 e. The minimum atomic E-state index is -0.481. The predicted molar refractivity (Wildman–Crippen MR) is 94.3 cm³/mol. The fraction of sp³-hybridized carbons (Fsp3) is 0.200. The van der Waals surface area contributed by atoms with Crippen molar-refractivity contribution in [1.82, 2.24) is 4.98 Å². The molecule has 0 amide bonds. The molecule has 0 atom stereocenters. The summed E-state index contributed by atoms with van der Waals surface area (Å²) in [7, 11) is 0. The lowest BCUT2D eigenvalue weighted by molar-refractivity contribution is 0.0470. The SMILES string of the molecule is O=C(OCc1c(F)cccc1Cl)c1c2c(nc3ccccc13)CCC2. The molecule has 25 heavy (non-hydrogen) atoms. The summed E-state index contributed by atoms with van der Waals surface area (Å²) < 4.78 is 19.3. The summed E-state index contributed by atoms with van der Waals surface area (Å²) in [5, 5.41) is 1.02. The van der Waals surface area contributed by atoms with Gasteiger partial charge in [-0.2, -0.15) is 0 Å². The van der Waals surface area contributed by atoms with Crippen molar-refractivity contribution < 1.29 is 13.9 Å². The molecule has 1 aliphatic carbocycles. The lowest BCUT2D eigenvalue weighted by atomic mass is 10.0. The van der Waals surface area contributed by atoms with Gasteiger partial charge in [-0.3, -0.25) is 4.98 Å². The summed E-state index contributed by atoms with van der Waals surface area (Å²) in [4.78, 5) is 17.5. The van der Waals surface area contributed by atoms with Crippen molar-refractivity contribution in [3.63, 3.8) is 0 Å². The zero-order valence-corrected chi connectivity index (χ0v) is 14.1. The number of ether oxygens (including phenoxy) is 1. The van der Waals surface area contributed by atoms with Crippen LogP contribution in [0.15, 0.2) is 42.5 Å². The van der Waals surface area contributed by atoms with E-state index in [1.165, 1.54) is 12.1 Å². The number of para-hydroxylation sites is 1. The standard InChI is InChI=1S/C20H15ClFNO2/c21-15-7-4-8-16(22)14(15)11-25-20(24)19-12-5-1-2-9-17(12)23-18-10-3-6-13(18)19/h1-2,4-5,7-9H,3,6,10-11H2. The Balaban J connectivity index is 1.71. The summed E-state index contributed by atoms with van der Waals surface area (Å²) in [6, 6.07) is 11.9. The third-order valence-corrected chi connectivity index (χ3v) is 4.89. The van der Waals surface area contributed by atoms with Crippen molar-refractivity contribution >= 4 is 28.5 Å². The van der Waals surface area contributed by atoms with Gasteiger partial charge >= 0.3 is 5.97 Å². The number of aryl methyl sites for hydroxylation is 1. The largest absolute Gasteiger partial charge is 0.457 e. The maximum absolute atomic E-state index is 13.9. The number of halogens is 2. The van der Waals surface area contributed by atoms with Crippen LogP contribution in [0.5, 0.6) is 0 Å². The number of aromatic nitrogens is 1. The average molecular weight is 356 g/mol. The number of esters is 1. The smallest absolute Gasteiger partial charge is 0.339 e. The number of fused-ring (bicyclic) bond motifs is 2. The minimum absolute atomic E-state index is 0.188. The van der Waals surface area contributed by atoms with Gasteiger partial charge in [0.25, 0.3) is 0 Å². The van der Waals surface area contributed by atoms with Crippen LogP contribution in [0.2, 0.25) is 5.02 Å². The van der Waals surface area contributed by atoms with Crippen molar-refractivity contribution in [2.45, 2.75) is 25.9 Å². The van der Waals surface area contributed by atoms with Crippen LogP contribution in [-0.4, -0.2) is 11.0 Å². The molecule has 0 saturated carbocycles. The maximum atomic E-state index is 13.9. The van der Waals surface area contributed by atoms with Gasteiger partial charge in [-0.1, -0.05) is 35.9 Å². The number of hydrogen-bond acceptors (Lipinski definition) is 3. The topological polar surface area (TPSA) is 39.2 Å². The van der Waals surface area contributed by atoms with Crippen molar-refractivity contribution in [2.75, 3.05) is 0 Å². The van der Waals surface area contributed by atoms with Crippen LogP contribution in [0.4, 0.5) is 4.39 Å². The molecule has 5 heteroatoms. The maximum Gasteiger partial charge on any atom is 0.339 e. The second-order valence-corrected chi connectivity index (χ2v) is 6.47. The average Bonchev–Trinajstić information content (AvgIpc) is 3.06. The van der Waals surface area contributed by atoms with E-state index in [1.807, 2.05) is 24.3 Å². The van der Waals surface area contributed by atoms with Crippen LogP contribution in [0, 0.1) is 5.82 Å². The van der Waals surface area contributed by atoms with Crippen LogP contribution in [0.3, 0.4) is 0 Å². The molecule has 3 aromatic rings. The van der Waals surface area contributed by atoms with E-state index in [2.05, 4.69) is 4.98 Å². The van der Waals surface area contributed by atoms with E-state index in [0.29, 0.717) is 5.56 Å². The first-order chi connectivity index (χ1) is 12.1. The fourth-order valence-corrected chi connectivity index (χ4v) is 3.54. The molecule has 0 fully saturated rings. The van der Waals surface area contributed by atoms with Crippen LogP contribution in [0.1, 0.15) is 33.6 Å². The van der Waals surface area contributed by atoms with Crippen LogP contribution >= 0.6 is 11.6 Å². The highest BCUT2D eigenvalue weighted by Gasteiger charge is 2.25. The molecule has 1 aromatic heterocycles. The lowest BCUT2D eigenvalue weighted by Crippen LogP contribution is -2.11. The molecule has 126 valence electrons. The molecule has 0 saturated heterocycles. The van der Waals surface area contributed by atoms with Crippen molar-refractivity contribution in [3.05, 3.63) is 75.7 Å². The van der Waals surface area contributed by atoms with E-state index in [9.17, 15) is 9.18 Å². The van der Waals surface area contributed by atoms with E-state index in [4.69, 9.17) is 16.3 Å². The Bertz CT molecular complexity index is 967. The Labute approximate surface area is 149 Å². The highest BCUT2D eigenvalue weighted by atomic mass is 35.5. The Hall–Kier alpha value is -2.46. The van der Waals surface area contributed by atoms with Gasteiger partial charge in [0.2, 0.25) is 0 Å². The quantitative estimate of drug-likeness (QED) is 0.629. The van der Waals surface area contributed by atoms with Gasteiger partial charge in [0.15, 0.2) is 0 Å². The molecule has 1 heterocycles. The fourth-order valence-electron chi connectivity index (χ4n) is 3.32. The number of benzene rings is 2. The number of pyridine rings is 1. The Kier molecular flexibility index (Phi) is 4.14. The van der Waals surface area contributed by atoms with Gasteiger partial charge in [-0.15, -0.1) is 0 Å². The molecule has 0 N–H and O–H groups in total. The lowest BCUT2D eigenvalue weighted by Gasteiger charge is -2.13. The Morgan fingerprint density at radius 1 is 1.16 bits per heavy atom. The first-order valence-electron chi connectivity index (χ1n) is 8.15. The van der Waals surface area contributed by atoms with E-state index in [0.717, 1.165) is 41.4 Å². The Morgan fingerprint density at radius 2 is 2.00 bits per heavy atom. The highest BCUT2D eigenvalue weighted by Crippen LogP contribution is 2.31. The zero-order valence-electron chi connectivity index (χ0n) is 13.4. The molecule has 0 aliphatic heterocycles. The third kappa shape index (κ3) is 2.87. The summed E-state index contributed by atoms with van der Waals surface area (Å²) in [5.41, 5.74) is 3.41. The van der Waals surface area contributed by atoms with Gasteiger partial charge < -0.3 is 4.74 Å². The van der Waals surface area contributed by atoms with Gasteiger partial charge in [0, 0.05) is 16.6 Å². The summed E-state index contributed by atoms with van der Waals surface area (Å²) in [5.74, 6) is -0.943. The third-order valence-electron chi connectivity index (χ3n) is 4.53. The number of rotatable bonds is 3. The molecule has 0 radical (unpaired) electrons. The first kappa shape index (κ1) is 16.0. The molecule has 0 unspecified atom stereocenters. The molecule has 3 nitrogen and oxygen atoms in total. The van der Waals surface area contributed by atoms with Crippen LogP contribution in [-0.2, 0) is 24.2 Å². The van der Waals surface area contributed by atoms with E-state index >= 15 is 0 Å². The number of carbonyl (C=O) groups excluding carboxylic acids is 1. The van der Waals surface area contributed by atoms with E-state index < -0.39 is 11.8 Å². The zero-order chi connectivity index (χ0) is 17.4. The first-order valence-corrected chi connectivity index (χ1v) is 8.53. The molecule has 2 aromatic carbocycles. The molecular formula is C20H15ClFNO2. The monoisotopic (exact) mass is 355 g/mol. The second-order valence-electron chi connectivity index (χ2n) is 6.06. The van der Waals surface area contributed by atoms with Gasteiger partial charge in [0.1, 0.15) is 12.4 Å². The van der Waals surface area contributed by atoms with Crippen molar-refractivity contribution in [2.24, 2.45) is 0 Å². The molecule has 0 spiro atoms. The molecule has 0 bridgehead atoms.